The molecule has 0 saturated carbocycles. The lowest BCUT2D eigenvalue weighted by Gasteiger charge is -2.27. The lowest BCUT2D eigenvalue weighted by Crippen LogP contribution is -2.42. The van der Waals surface area contributed by atoms with Crippen LogP contribution in [0.15, 0.2) is 52.8 Å². The van der Waals surface area contributed by atoms with E-state index in [-0.39, 0.29) is 29.6 Å². The molecule has 2 amide bonds. The Morgan fingerprint density at radius 1 is 1.34 bits per heavy atom. The van der Waals surface area contributed by atoms with Crippen LogP contribution in [-0.4, -0.2) is 33.9 Å². The van der Waals surface area contributed by atoms with Crippen molar-refractivity contribution in [3.05, 3.63) is 59.0 Å². The minimum Gasteiger partial charge on any atom is -0.324 e. The van der Waals surface area contributed by atoms with Gasteiger partial charge in [0.2, 0.25) is 11.8 Å². The Kier molecular flexibility index (Phi) is 5.78. The highest BCUT2D eigenvalue weighted by Crippen LogP contribution is 2.32. The SMILES string of the molecule is C=CCN1C(=O)CSc2cnn(CC(=O)Nc3cccc(C(F)(F)F)c3)c(=O)c21. The third kappa shape index (κ3) is 4.50. The summed E-state index contributed by atoms with van der Waals surface area (Å²) >= 11 is 1.17. The third-order valence-corrected chi connectivity index (χ3v) is 4.99. The van der Waals surface area contributed by atoms with E-state index in [1.165, 1.54) is 35.0 Å². The highest BCUT2D eigenvalue weighted by atomic mass is 32.2. The molecule has 2 heterocycles. The van der Waals surface area contributed by atoms with Crippen molar-refractivity contribution >= 4 is 35.0 Å². The van der Waals surface area contributed by atoms with Crippen molar-refractivity contribution in [1.29, 1.82) is 0 Å². The summed E-state index contributed by atoms with van der Waals surface area (Å²) in [5, 5.41) is 6.24. The van der Waals surface area contributed by atoms with E-state index in [0.29, 0.717) is 4.90 Å². The molecule has 3 rings (SSSR count). The maximum absolute atomic E-state index is 12.8. The number of hydrogen-bond donors (Lipinski definition) is 1. The molecular weight excluding hydrogens is 409 g/mol. The smallest absolute Gasteiger partial charge is 0.324 e. The Balaban J connectivity index is 1.83. The van der Waals surface area contributed by atoms with Crippen molar-refractivity contribution in [2.45, 2.75) is 17.6 Å². The van der Waals surface area contributed by atoms with Gasteiger partial charge in [0.1, 0.15) is 12.2 Å². The van der Waals surface area contributed by atoms with E-state index < -0.39 is 29.8 Å². The Morgan fingerprint density at radius 3 is 2.79 bits per heavy atom. The van der Waals surface area contributed by atoms with Crippen molar-refractivity contribution < 1.29 is 22.8 Å². The molecule has 1 aromatic heterocycles. The van der Waals surface area contributed by atoms with Crippen molar-refractivity contribution in [3.63, 3.8) is 0 Å². The van der Waals surface area contributed by atoms with Gasteiger partial charge in [0, 0.05) is 12.2 Å². The Bertz CT molecular complexity index is 1040. The summed E-state index contributed by atoms with van der Waals surface area (Å²) in [6.07, 6.45) is -1.69. The van der Waals surface area contributed by atoms with E-state index in [9.17, 15) is 27.6 Å². The topological polar surface area (TPSA) is 84.3 Å². The first-order chi connectivity index (χ1) is 13.7. The van der Waals surface area contributed by atoms with Crippen molar-refractivity contribution in [3.8, 4) is 0 Å². The largest absolute Gasteiger partial charge is 0.416 e. The fraction of sp³-hybridized carbons (Fsp3) is 0.222. The number of carbonyl (C=O) groups is 2. The summed E-state index contributed by atoms with van der Waals surface area (Å²) in [4.78, 5) is 38.9. The molecule has 0 atom stereocenters. The van der Waals surface area contributed by atoms with Gasteiger partial charge in [-0.1, -0.05) is 12.1 Å². The summed E-state index contributed by atoms with van der Waals surface area (Å²) < 4.78 is 39.2. The van der Waals surface area contributed by atoms with Crippen molar-refractivity contribution in [2.75, 3.05) is 22.5 Å². The second-order valence-corrected chi connectivity index (χ2v) is 7.05. The van der Waals surface area contributed by atoms with Crippen LogP contribution in [0.5, 0.6) is 0 Å². The van der Waals surface area contributed by atoms with Gasteiger partial charge < -0.3 is 10.2 Å². The number of fused-ring (bicyclic) bond motifs is 1. The van der Waals surface area contributed by atoms with Gasteiger partial charge in [0.15, 0.2) is 0 Å². The van der Waals surface area contributed by atoms with Crippen LogP contribution < -0.4 is 15.8 Å². The van der Waals surface area contributed by atoms with E-state index in [1.807, 2.05) is 0 Å². The number of nitrogens with one attached hydrogen (secondary N) is 1. The number of amides is 2. The van der Waals surface area contributed by atoms with E-state index in [0.717, 1.165) is 22.9 Å². The number of alkyl halides is 3. The van der Waals surface area contributed by atoms with Crippen LogP contribution in [0.25, 0.3) is 0 Å². The zero-order chi connectivity index (χ0) is 21.2. The van der Waals surface area contributed by atoms with E-state index in [4.69, 9.17) is 0 Å². The lowest BCUT2D eigenvalue weighted by molar-refractivity contribution is -0.137. The second kappa shape index (κ2) is 8.11. The summed E-state index contributed by atoms with van der Waals surface area (Å²) in [5.74, 6) is -0.850. The molecular formula is C18H15F3N4O3S. The van der Waals surface area contributed by atoms with Crippen LogP contribution in [0.1, 0.15) is 5.56 Å². The molecule has 0 spiro atoms. The van der Waals surface area contributed by atoms with Crippen LogP contribution in [0.4, 0.5) is 24.5 Å². The number of thioether (sulfide) groups is 1. The standard InChI is InChI=1S/C18H15F3N4O3S/c1-2-6-24-15(27)10-29-13-8-22-25(17(28)16(13)24)9-14(26)23-12-5-3-4-11(7-12)18(19,20)21/h2-5,7-8H,1,6,9-10H2,(H,23,26). The highest BCUT2D eigenvalue weighted by molar-refractivity contribution is 8.00. The molecule has 1 N–H and O–H groups in total. The maximum Gasteiger partial charge on any atom is 0.416 e. The van der Waals surface area contributed by atoms with Gasteiger partial charge in [0.25, 0.3) is 5.56 Å². The minimum absolute atomic E-state index is 0.0603. The van der Waals surface area contributed by atoms with E-state index in [1.54, 1.807) is 0 Å². The van der Waals surface area contributed by atoms with Gasteiger partial charge in [0.05, 0.1) is 22.4 Å². The van der Waals surface area contributed by atoms with Crippen LogP contribution in [0.3, 0.4) is 0 Å². The summed E-state index contributed by atoms with van der Waals surface area (Å²) in [6.45, 7) is 3.17. The van der Waals surface area contributed by atoms with Crippen molar-refractivity contribution in [1.82, 2.24) is 9.78 Å². The number of aromatic nitrogens is 2. The van der Waals surface area contributed by atoms with Gasteiger partial charge in [-0.3, -0.25) is 14.4 Å². The van der Waals surface area contributed by atoms with Gasteiger partial charge in [-0.05, 0) is 18.2 Å². The van der Waals surface area contributed by atoms with E-state index >= 15 is 0 Å². The number of hydrogen-bond acceptors (Lipinski definition) is 5. The lowest BCUT2D eigenvalue weighted by atomic mass is 10.2. The summed E-state index contributed by atoms with van der Waals surface area (Å²) in [7, 11) is 0. The Hall–Kier alpha value is -3.08. The number of rotatable bonds is 5. The van der Waals surface area contributed by atoms with Gasteiger partial charge in [-0.15, -0.1) is 18.3 Å². The molecule has 0 saturated heterocycles. The monoisotopic (exact) mass is 424 g/mol. The molecule has 0 fully saturated rings. The highest BCUT2D eigenvalue weighted by Gasteiger charge is 2.31. The normalized spacial score (nSPS) is 13.8. The first kappa shape index (κ1) is 20.6. The maximum atomic E-state index is 12.8. The Morgan fingerprint density at radius 2 is 2.10 bits per heavy atom. The number of anilines is 2. The molecule has 1 aromatic carbocycles. The number of halogens is 3. The molecule has 0 aliphatic carbocycles. The van der Waals surface area contributed by atoms with Crippen LogP contribution in [0, 0.1) is 0 Å². The predicted octanol–water partition coefficient (Wildman–Crippen LogP) is 2.53. The molecule has 0 bridgehead atoms. The molecule has 11 heteroatoms. The number of benzene rings is 1. The first-order valence-electron chi connectivity index (χ1n) is 8.32. The summed E-state index contributed by atoms with van der Waals surface area (Å²) in [6, 6.07) is 4.14. The van der Waals surface area contributed by atoms with E-state index in [2.05, 4.69) is 17.0 Å². The fourth-order valence-corrected chi connectivity index (χ4v) is 3.59. The number of carbonyl (C=O) groups excluding carboxylic acids is 2. The van der Waals surface area contributed by atoms with Crippen LogP contribution >= 0.6 is 11.8 Å². The molecule has 0 unspecified atom stereocenters. The summed E-state index contributed by atoms with van der Waals surface area (Å²) in [5.41, 5.74) is -1.51. The average Bonchev–Trinajstić information content (AvgIpc) is 2.66. The average molecular weight is 424 g/mol. The van der Waals surface area contributed by atoms with Crippen LogP contribution in [-0.2, 0) is 22.3 Å². The van der Waals surface area contributed by atoms with Gasteiger partial charge in [-0.25, -0.2) is 4.68 Å². The van der Waals surface area contributed by atoms with Gasteiger partial charge >= 0.3 is 6.18 Å². The second-order valence-electron chi connectivity index (χ2n) is 6.03. The molecule has 1 aliphatic rings. The zero-order valence-corrected chi connectivity index (χ0v) is 15.7. The number of nitrogens with zero attached hydrogens (tertiary/aromatic N) is 3. The van der Waals surface area contributed by atoms with Gasteiger partial charge in [-0.2, -0.15) is 18.3 Å². The fourth-order valence-electron chi connectivity index (χ4n) is 2.70. The molecule has 2 aromatic rings. The first-order valence-corrected chi connectivity index (χ1v) is 9.30. The molecule has 7 nitrogen and oxygen atoms in total. The van der Waals surface area contributed by atoms with Crippen molar-refractivity contribution in [2.24, 2.45) is 0 Å². The minimum atomic E-state index is -4.55. The molecule has 1 aliphatic heterocycles. The molecule has 152 valence electrons. The molecule has 0 radical (unpaired) electrons. The zero-order valence-electron chi connectivity index (χ0n) is 14.9. The molecule has 29 heavy (non-hydrogen) atoms. The third-order valence-electron chi connectivity index (χ3n) is 3.99. The van der Waals surface area contributed by atoms with Crippen LogP contribution in [0.2, 0.25) is 0 Å². The predicted molar refractivity (Wildman–Crippen MR) is 102 cm³/mol. The Labute approximate surface area is 167 Å². The quantitative estimate of drug-likeness (QED) is 0.746.